The lowest BCUT2D eigenvalue weighted by molar-refractivity contribution is -0.143. The molecule has 0 saturated heterocycles. The molecule has 5 nitrogen and oxygen atoms in total. The van der Waals surface area contributed by atoms with Crippen molar-refractivity contribution in [2.24, 2.45) is 0 Å². The maximum Gasteiger partial charge on any atom is 0.271 e. The lowest BCUT2D eigenvalue weighted by atomic mass is 9.88. The largest absolute Gasteiger partial charge is 0.489 e. The minimum Gasteiger partial charge on any atom is -0.489 e. The second-order valence-electron chi connectivity index (χ2n) is 8.39. The van der Waals surface area contributed by atoms with Gasteiger partial charge in [0, 0.05) is 22.2 Å². The number of nitrogens with zero attached hydrogens (tertiary/aromatic N) is 2. The van der Waals surface area contributed by atoms with Crippen LogP contribution in [0.2, 0.25) is 5.02 Å². The van der Waals surface area contributed by atoms with Crippen molar-refractivity contribution in [2.45, 2.75) is 51.7 Å². The van der Waals surface area contributed by atoms with Crippen molar-refractivity contribution in [3.05, 3.63) is 81.4 Å². The first-order valence-corrected chi connectivity index (χ1v) is 11.5. The molecule has 0 radical (unpaired) electrons. The van der Waals surface area contributed by atoms with E-state index < -0.39 is 5.91 Å². The molecule has 0 aromatic heterocycles. The Bertz CT molecular complexity index is 1170. The molecule has 0 spiro atoms. The normalized spacial score (nSPS) is 18.6. The van der Waals surface area contributed by atoms with Crippen LogP contribution in [-0.2, 0) is 16.2 Å². The fourth-order valence-electron chi connectivity index (χ4n) is 4.37. The first-order valence-electron chi connectivity index (χ1n) is 11.2. The van der Waals surface area contributed by atoms with Crippen LogP contribution in [0.1, 0.15) is 50.2 Å². The van der Waals surface area contributed by atoms with Gasteiger partial charge in [-0.3, -0.25) is 14.5 Å². The molecule has 33 heavy (non-hydrogen) atoms. The van der Waals surface area contributed by atoms with Gasteiger partial charge in [-0.1, -0.05) is 61.2 Å². The van der Waals surface area contributed by atoms with Crippen LogP contribution in [0.3, 0.4) is 0 Å². The van der Waals surface area contributed by atoms with Crippen molar-refractivity contribution in [2.75, 3.05) is 0 Å². The molecule has 6 heteroatoms. The third-order valence-electron chi connectivity index (χ3n) is 6.26. The molecule has 168 valence electrons. The van der Waals surface area contributed by atoms with Gasteiger partial charge in [0.15, 0.2) is 0 Å². The average molecular weight is 461 g/mol. The molecular weight excluding hydrogens is 436 g/mol. The van der Waals surface area contributed by atoms with Crippen molar-refractivity contribution >= 4 is 29.5 Å². The number of rotatable bonds is 5. The highest BCUT2D eigenvalue weighted by molar-refractivity contribution is 6.31. The number of nitriles is 1. The highest BCUT2D eigenvalue weighted by atomic mass is 35.5. The van der Waals surface area contributed by atoms with E-state index in [9.17, 15) is 14.9 Å². The van der Waals surface area contributed by atoms with Crippen LogP contribution >= 0.6 is 11.6 Å². The Kier molecular flexibility index (Phi) is 6.96. The average Bonchev–Trinajstić information content (AvgIpc) is 2.83. The molecule has 2 aliphatic rings. The van der Waals surface area contributed by atoms with E-state index in [1.54, 1.807) is 13.0 Å². The van der Waals surface area contributed by atoms with Crippen LogP contribution in [0, 0.1) is 11.3 Å². The summed E-state index contributed by atoms with van der Waals surface area (Å²) in [5.74, 6) is -0.106. The van der Waals surface area contributed by atoms with E-state index >= 15 is 0 Å². The molecule has 4 rings (SSSR count). The fraction of sp³-hybridized carbons (Fsp3) is 0.296. The van der Waals surface area contributed by atoms with Gasteiger partial charge in [0.05, 0.1) is 0 Å². The van der Waals surface area contributed by atoms with Crippen molar-refractivity contribution in [3.63, 3.8) is 0 Å². The van der Waals surface area contributed by atoms with Crippen LogP contribution in [0.15, 0.2) is 65.3 Å². The van der Waals surface area contributed by atoms with E-state index in [4.69, 9.17) is 16.3 Å². The van der Waals surface area contributed by atoms with E-state index in [-0.39, 0.29) is 17.5 Å². The summed E-state index contributed by atoms with van der Waals surface area (Å²) in [5.41, 5.74) is 2.56. The third-order valence-corrected chi connectivity index (χ3v) is 6.62. The Morgan fingerprint density at radius 1 is 1.06 bits per heavy atom. The fourth-order valence-corrected chi connectivity index (χ4v) is 4.56. The van der Waals surface area contributed by atoms with Crippen LogP contribution in [-0.4, -0.2) is 22.8 Å². The predicted octanol–water partition coefficient (Wildman–Crippen LogP) is 5.84. The molecule has 2 aromatic carbocycles. The first kappa shape index (κ1) is 22.8. The van der Waals surface area contributed by atoms with Gasteiger partial charge in [0.1, 0.15) is 24.0 Å². The summed E-state index contributed by atoms with van der Waals surface area (Å²) >= 11 is 6.18. The smallest absolute Gasteiger partial charge is 0.271 e. The van der Waals surface area contributed by atoms with Crippen molar-refractivity contribution in [1.82, 2.24) is 4.90 Å². The highest BCUT2D eigenvalue weighted by Crippen LogP contribution is 2.32. The number of imide groups is 1. The molecule has 1 saturated carbocycles. The number of carbonyl (C=O) groups is 2. The number of carbonyl (C=O) groups excluding carboxylic acids is 2. The molecule has 1 heterocycles. The van der Waals surface area contributed by atoms with Crippen molar-refractivity contribution in [1.29, 1.82) is 5.26 Å². The van der Waals surface area contributed by atoms with E-state index in [0.717, 1.165) is 43.2 Å². The number of ether oxygens (including phenoxy) is 1. The second kappa shape index (κ2) is 10.1. The highest BCUT2D eigenvalue weighted by Gasteiger charge is 2.39. The lowest BCUT2D eigenvalue weighted by Gasteiger charge is -2.36. The first-order chi connectivity index (χ1) is 16.0. The van der Waals surface area contributed by atoms with Gasteiger partial charge in [-0.2, -0.15) is 5.26 Å². The van der Waals surface area contributed by atoms with Gasteiger partial charge in [0.2, 0.25) is 0 Å². The summed E-state index contributed by atoms with van der Waals surface area (Å²) < 4.78 is 5.83. The molecule has 2 amide bonds. The Labute approximate surface area is 198 Å². The molecule has 0 bridgehead atoms. The standard InChI is InChI=1S/C27H25ClN2O3/c1-18-23(26(31)30(27(32)24(18)16-29)21-8-3-2-4-9-21)15-19-11-13-22(14-12-19)33-17-20-7-5-6-10-25(20)28/h5-7,10-15,21H,2-4,8-9,17H2,1H3/b23-15+. The lowest BCUT2D eigenvalue weighted by Crippen LogP contribution is -2.49. The summed E-state index contributed by atoms with van der Waals surface area (Å²) in [5, 5.41) is 10.3. The zero-order valence-corrected chi connectivity index (χ0v) is 19.3. The van der Waals surface area contributed by atoms with E-state index in [0.29, 0.717) is 28.5 Å². The zero-order chi connectivity index (χ0) is 23.4. The predicted molar refractivity (Wildman–Crippen MR) is 127 cm³/mol. The van der Waals surface area contributed by atoms with E-state index in [1.165, 1.54) is 4.90 Å². The number of hydrogen-bond acceptors (Lipinski definition) is 4. The summed E-state index contributed by atoms with van der Waals surface area (Å²) in [6, 6.07) is 16.7. The third kappa shape index (κ3) is 4.86. The number of halogens is 1. The SMILES string of the molecule is CC1=C(C#N)C(=O)N(C2CCCCC2)C(=O)/C1=C/c1ccc(OCc2ccccc2Cl)cc1. The van der Waals surface area contributed by atoms with Gasteiger partial charge in [-0.25, -0.2) is 0 Å². The molecule has 0 N–H and O–H groups in total. The molecule has 0 unspecified atom stereocenters. The Balaban J connectivity index is 1.56. The van der Waals surface area contributed by atoms with Gasteiger partial charge in [0.25, 0.3) is 11.8 Å². The quantitative estimate of drug-likeness (QED) is 0.415. The van der Waals surface area contributed by atoms with E-state index in [2.05, 4.69) is 0 Å². The Morgan fingerprint density at radius 3 is 2.42 bits per heavy atom. The number of amides is 2. The van der Waals surface area contributed by atoms with Gasteiger partial charge < -0.3 is 4.74 Å². The van der Waals surface area contributed by atoms with Crippen LogP contribution in [0.25, 0.3) is 6.08 Å². The summed E-state index contributed by atoms with van der Waals surface area (Å²) in [7, 11) is 0. The number of hydrogen-bond donors (Lipinski definition) is 0. The van der Waals surface area contributed by atoms with Crippen molar-refractivity contribution < 1.29 is 14.3 Å². The minimum absolute atomic E-state index is 0.0473. The van der Waals surface area contributed by atoms with E-state index in [1.807, 2.05) is 54.6 Å². The summed E-state index contributed by atoms with van der Waals surface area (Å²) in [6.07, 6.45) is 6.41. The summed E-state index contributed by atoms with van der Waals surface area (Å²) in [4.78, 5) is 27.5. The molecule has 1 aliphatic carbocycles. The molecule has 1 fully saturated rings. The topological polar surface area (TPSA) is 70.4 Å². The Hall–Kier alpha value is -3.36. The molecule has 2 aromatic rings. The van der Waals surface area contributed by atoms with Crippen LogP contribution in [0.4, 0.5) is 0 Å². The van der Waals surface area contributed by atoms with Crippen LogP contribution < -0.4 is 4.74 Å². The Morgan fingerprint density at radius 2 is 1.76 bits per heavy atom. The van der Waals surface area contributed by atoms with Gasteiger partial charge in [-0.05, 0) is 55.2 Å². The monoisotopic (exact) mass is 460 g/mol. The maximum absolute atomic E-state index is 13.3. The van der Waals surface area contributed by atoms with Crippen molar-refractivity contribution in [3.8, 4) is 11.8 Å². The molecule has 0 atom stereocenters. The molecular formula is C27H25ClN2O3. The second-order valence-corrected chi connectivity index (χ2v) is 8.80. The van der Waals surface area contributed by atoms with Crippen LogP contribution in [0.5, 0.6) is 5.75 Å². The minimum atomic E-state index is -0.465. The molecule has 1 aliphatic heterocycles. The maximum atomic E-state index is 13.3. The zero-order valence-electron chi connectivity index (χ0n) is 18.5. The summed E-state index contributed by atoms with van der Waals surface area (Å²) in [6.45, 7) is 2.02. The number of benzene rings is 2. The van der Waals surface area contributed by atoms with Gasteiger partial charge >= 0.3 is 0 Å². The van der Waals surface area contributed by atoms with Gasteiger partial charge in [-0.15, -0.1) is 0 Å².